The Hall–Kier alpha value is -2.93. The molecule has 0 unspecified atom stereocenters. The summed E-state index contributed by atoms with van der Waals surface area (Å²) in [5.41, 5.74) is 1.02. The van der Waals surface area contributed by atoms with Crippen molar-refractivity contribution in [3.8, 4) is 0 Å². The van der Waals surface area contributed by atoms with Crippen LogP contribution in [0.25, 0.3) is 0 Å². The Morgan fingerprint density at radius 3 is 2.44 bits per heavy atom. The van der Waals surface area contributed by atoms with Crippen molar-refractivity contribution in [2.45, 2.75) is 37.8 Å². The van der Waals surface area contributed by atoms with E-state index in [1.807, 2.05) is 72.4 Å². The smallest absolute Gasteiger partial charge is 0.242 e. The van der Waals surface area contributed by atoms with Crippen LogP contribution in [0, 0.1) is 0 Å². The van der Waals surface area contributed by atoms with Crippen molar-refractivity contribution in [1.82, 2.24) is 14.4 Å². The molecule has 3 aromatic rings. The quantitative estimate of drug-likeness (QED) is 0.377. The molecule has 2 aromatic heterocycles. The van der Waals surface area contributed by atoms with E-state index in [2.05, 4.69) is 6.92 Å². The number of unbranched alkanes of at least 4 members (excludes halogenated alkanes) is 1. The number of nitrogens with zero attached hydrogens (tertiary/aromatic N) is 3. The second-order valence-electron chi connectivity index (χ2n) is 7.71. The van der Waals surface area contributed by atoms with E-state index in [0.29, 0.717) is 25.4 Å². The van der Waals surface area contributed by atoms with Crippen LogP contribution in [0.3, 0.4) is 0 Å². The first-order valence-corrected chi connectivity index (χ1v) is 11.9. The zero-order valence-corrected chi connectivity index (χ0v) is 19.6. The molecule has 6 nitrogen and oxygen atoms in total. The van der Waals surface area contributed by atoms with Crippen LogP contribution in [-0.2, 0) is 29.7 Å². The SMILES string of the molecule is CCCCN(CC(=O)N(Cc1ccco1)Cc1cccn1C)C(=O)CSc1ccccc1. The predicted octanol–water partition coefficient (Wildman–Crippen LogP) is 4.57. The van der Waals surface area contributed by atoms with Crippen LogP contribution in [0.15, 0.2) is 76.4 Å². The lowest BCUT2D eigenvalue weighted by atomic mass is 10.3. The summed E-state index contributed by atoms with van der Waals surface area (Å²) in [7, 11) is 1.96. The maximum atomic E-state index is 13.3. The number of thioether (sulfide) groups is 1. The molecule has 2 amide bonds. The summed E-state index contributed by atoms with van der Waals surface area (Å²) < 4.78 is 7.48. The molecule has 0 spiro atoms. The van der Waals surface area contributed by atoms with E-state index in [0.717, 1.165) is 29.2 Å². The first kappa shape index (κ1) is 23.7. The van der Waals surface area contributed by atoms with Gasteiger partial charge in [-0.2, -0.15) is 0 Å². The lowest BCUT2D eigenvalue weighted by molar-refractivity contribution is -0.140. The molecule has 0 aliphatic rings. The highest BCUT2D eigenvalue weighted by atomic mass is 32.2. The molecule has 0 saturated carbocycles. The monoisotopic (exact) mass is 453 g/mol. The van der Waals surface area contributed by atoms with Gasteiger partial charge in [-0.25, -0.2) is 0 Å². The van der Waals surface area contributed by atoms with Crippen LogP contribution >= 0.6 is 11.8 Å². The zero-order chi connectivity index (χ0) is 22.8. The average molecular weight is 454 g/mol. The van der Waals surface area contributed by atoms with Gasteiger partial charge in [-0.1, -0.05) is 31.5 Å². The normalized spacial score (nSPS) is 10.8. The van der Waals surface area contributed by atoms with Gasteiger partial charge in [0.25, 0.3) is 0 Å². The molecule has 0 fully saturated rings. The van der Waals surface area contributed by atoms with Crippen LogP contribution in [-0.4, -0.2) is 45.0 Å². The first-order chi connectivity index (χ1) is 15.6. The number of hydrogen-bond donors (Lipinski definition) is 0. The van der Waals surface area contributed by atoms with E-state index >= 15 is 0 Å². The fourth-order valence-electron chi connectivity index (χ4n) is 3.34. The Kier molecular flexibility index (Phi) is 9.04. The minimum Gasteiger partial charge on any atom is -0.467 e. The van der Waals surface area contributed by atoms with Crippen LogP contribution in [0.1, 0.15) is 31.2 Å². The van der Waals surface area contributed by atoms with E-state index in [1.54, 1.807) is 16.1 Å². The lowest BCUT2D eigenvalue weighted by Gasteiger charge is -2.27. The summed E-state index contributed by atoms with van der Waals surface area (Å²) in [6.45, 7) is 3.56. The first-order valence-electron chi connectivity index (χ1n) is 10.9. The van der Waals surface area contributed by atoms with E-state index < -0.39 is 0 Å². The van der Waals surface area contributed by atoms with Crippen molar-refractivity contribution in [3.05, 3.63) is 78.5 Å². The van der Waals surface area contributed by atoms with E-state index in [4.69, 9.17) is 4.42 Å². The molecule has 32 heavy (non-hydrogen) atoms. The Morgan fingerprint density at radius 1 is 0.969 bits per heavy atom. The minimum atomic E-state index is -0.0863. The number of benzene rings is 1. The summed E-state index contributed by atoms with van der Waals surface area (Å²) in [4.78, 5) is 30.8. The van der Waals surface area contributed by atoms with Gasteiger partial charge in [-0.15, -0.1) is 11.8 Å². The van der Waals surface area contributed by atoms with Crippen LogP contribution in [0.5, 0.6) is 0 Å². The van der Waals surface area contributed by atoms with Crippen molar-refractivity contribution < 1.29 is 14.0 Å². The van der Waals surface area contributed by atoms with Crippen molar-refractivity contribution in [1.29, 1.82) is 0 Å². The number of amides is 2. The second-order valence-corrected chi connectivity index (χ2v) is 8.76. The van der Waals surface area contributed by atoms with Gasteiger partial charge >= 0.3 is 0 Å². The second kappa shape index (κ2) is 12.2. The van der Waals surface area contributed by atoms with Gasteiger partial charge in [0.05, 0.1) is 31.7 Å². The summed E-state index contributed by atoms with van der Waals surface area (Å²) >= 11 is 1.50. The largest absolute Gasteiger partial charge is 0.467 e. The summed E-state index contributed by atoms with van der Waals surface area (Å²) in [6.07, 6.45) is 5.40. The van der Waals surface area contributed by atoms with E-state index in [9.17, 15) is 9.59 Å². The van der Waals surface area contributed by atoms with Crippen molar-refractivity contribution >= 4 is 23.6 Å². The lowest BCUT2D eigenvalue weighted by Crippen LogP contribution is -2.43. The fourth-order valence-corrected chi connectivity index (χ4v) is 4.16. The third kappa shape index (κ3) is 7.05. The molecule has 0 radical (unpaired) electrons. The van der Waals surface area contributed by atoms with Crippen LogP contribution < -0.4 is 0 Å². The zero-order valence-electron chi connectivity index (χ0n) is 18.8. The van der Waals surface area contributed by atoms with Gasteiger partial charge in [0.1, 0.15) is 5.76 Å². The summed E-state index contributed by atoms with van der Waals surface area (Å²) in [6, 6.07) is 17.5. The highest BCUT2D eigenvalue weighted by Gasteiger charge is 2.23. The number of carbonyl (C=O) groups excluding carboxylic acids is 2. The molecular formula is C25H31N3O3S. The Morgan fingerprint density at radius 2 is 1.78 bits per heavy atom. The topological polar surface area (TPSA) is 58.7 Å². The molecule has 0 N–H and O–H groups in total. The van der Waals surface area contributed by atoms with E-state index in [1.165, 1.54) is 11.8 Å². The van der Waals surface area contributed by atoms with Crippen molar-refractivity contribution in [2.24, 2.45) is 7.05 Å². The molecule has 1 aromatic carbocycles. The Balaban J connectivity index is 1.68. The number of furan rings is 1. The molecule has 0 saturated heterocycles. The van der Waals surface area contributed by atoms with Gasteiger partial charge in [-0.3, -0.25) is 9.59 Å². The van der Waals surface area contributed by atoms with Gasteiger partial charge < -0.3 is 18.8 Å². The molecule has 0 aliphatic heterocycles. The molecule has 0 aliphatic carbocycles. The molecule has 170 valence electrons. The third-order valence-electron chi connectivity index (χ3n) is 5.25. The third-order valence-corrected chi connectivity index (χ3v) is 6.25. The van der Waals surface area contributed by atoms with Gasteiger partial charge in [-0.05, 0) is 42.8 Å². The predicted molar refractivity (Wildman–Crippen MR) is 127 cm³/mol. The average Bonchev–Trinajstić information content (AvgIpc) is 3.47. The van der Waals surface area contributed by atoms with Crippen molar-refractivity contribution in [3.63, 3.8) is 0 Å². The molecule has 3 rings (SSSR count). The highest BCUT2D eigenvalue weighted by Crippen LogP contribution is 2.18. The minimum absolute atomic E-state index is 0.0162. The standard InChI is InChI=1S/C25H31N3O3S/c1-3-4-15-27(25(30)20-32-23-12-6-5-7-13-23)19-24(29)28(18-22-11-9-16-31-22)17-21-10-8-14-26(21)2/h5-14,16H,3-4,15,17-20H2,1-2H3. The Labute approximate surface area is 194 Å². The molecule has 7 heteroatoms. The van der Waals surface area contributed by atoms with Crippen molar-refractivity contribution in [2.75, 3.05) is 18.8 Å². The fraction of sp³-hybridized carbons (Fsp3) is 0.360. The van der Waals surface area contributed by atoms with Gasteiger partial charge in [0.2, 0.25) is 11.8 Å². The number of rotatable bonds is 12. The summed E-state index contributed by atoms with van der Waals surface area (Å²) in [5.74, 6) is 0.935. The number of aromatic nitrogens is 1. The summed E-state index contributed by atoms with van der Waals surface area (Å²) in [5, 5.41) is 0. The van der Waals surface area contributed by atoms with Crippen LogP contribution in [0.2, 0.25) is 0 Å². The maximum absolute atomic E-state index is 13.3. The van der Waals surface area contributed by atoms with Gasteiger partial charge in [0.15, 0.2) is 0 Å². The Bertz CT molecular complexity index is 970. The molecule has 0 atom stereocenters. The van der Waals surface area contributed by atoms with E-state index in [-0.39, 0.29) is 18.4 Å². The number of carbonyl (C=O) groups is 2. The van der Waals surface area contributed by atoms with Gasteiger partial charge in [0, 0.05) is 30.4 Å². The number of aryl methyl sites for hydroxylation is 1. The molecular weight excluding hydrogens is 422 g/mol. The van der Waals surface area contributed by atoms with Crippen LogP contribution in [0.4, 0.5) is 0 Å². The highest BCUT2D eigenvalue weighted by molar-refractivity contribution is 8.00. The molecule has 0 bridgehead atoms. The maximum Gasteiger partial charge on any atom is 0.242 e. The molecule has 2 heterocycles. The number of hydrogen-bond acceptors (Lipinski definition) is 4.